The van der Waals surface area contributed by atoms with Gasteiger partial charge in [0, 0.05) is 30.4 Å². The Balaban J connectivity index is 2.07. The fraction of sp³-hybridized carbons (Fsp3) is 0.312. The summed E-state index contributed by atoms with van der Waals surface area (Å²) in [5.74, 6) is 0. The van der Waals surface area contributed by atoms with Crippen molar-refractivity contribution < 1.29 is 18.6 Å². The summed E-state index contributed by atoms with van der Waals surface area (Å²) in [4.78, 5) is 4.31. The highest BCUT2D eigenvalue weighted by Crippen LogP contribution is 2.37. The minimum absolute atomic E-state index is 0.0643. The Morgan fingerprint density at radius 3 is 2.57 bits per heavy atom. The molecule has 2 unspecified atom stereocenters. The molecule has 7 heteroatoms. The standard InChI is InChI=1S/C16H18N2O4S/c19-10-9-18-14(11-12-5-3-4-8-17-12)16(20)13-6-1-2-7-15(13)23(18,21)22/h1-8,14,16,19-20H,9-11H2. The normalized spacial score (nSPS) is 23.4. The lowest BCUT2D eigenvalue weighted by atomic mass is 9.97. The first-order chi connectivity index (χ1) is 11.1. The van der Waals surface area contributed by atoms with E-state index in [-0.39, 0.29) is 24.5 Å². The molecule has 0 saturated carbocycles. The number of hydrogen-bond acceptors (Lipinski definition) is 5. The SMILES string of the molecule is O=S1(=O)c2ccccc2C(O)C(Cc2ccccn2)N1CCO. The van der Waals surface area contributed by atoms with Gasteiger partial charge in [-0.2, -0.15) is 4.31 Å². The molecule has 0 radical (unpaired) electrons. The van der Waals surface area contributed by atoms with Gasteiger partial charge in [0.2, 0.25) is 10.0 Å². The Morgan fingerprint density at radius 2 is 1.87 bits per heavy atom. The number of benzene rings is 1. The highest BCUT2D eigenvalue weighted by Gasteiger charge is 2.43. The van der Waals surface area contributed by atoms with Crippen molar-refractivity contribution in [3.8, 4) is 0 Å². The molecule has 6 nitrogen and oxygen atoms in total. The first kappa shape index (κ1) is 16.1. The number of pyridine rings is 1. The molecule has 0 fully saturated rings. The molecule has 1 aromatic heterocycles. The van der Waals surface area contributed by atoms with Gasteiger partial charge in [0.15, 0.2) is 0 Å². The average molecular weight is 334 g/mol. The van der Waals surface area contributed by atoms with E-state index in [1.165, 1.54) is 10.4 Å². The Kier molecular flexibility index (Phi) is 4.45. The van der Waals surface area contributed by atoms with Crippen LogP contribution in [-0.4, -0.2) is 47.1 Å². The minimum atomic E-state index is -3.76. The maximum absolute atomic E-state index is 12.8. The number of aromatic nitrogens is 1. The molecule has 2 atom stereocenters. The van der Waals surface area contributed by atoms with E-state index >= 15 is 0 Å². The van der Waals surface area contributed by atoms with Crippen molar-refractivity contribution in [3.63, 3.8) is 0 Å². The summed E-state index contributed by atoms with van der Waals surface area (Å²) in [5, 5.41) is 20.0. The van der Waals surface area contributed by atoms with E-state index in [0.29, 0.717) is 11.3 Å². The van der Waals surface area contributed by atoms with Gasteiger partial charge in [0.1, 0.15) is 0 Å². The van der Waals surface area contributed by atoms with E-state index in [4.69, 9.17) is 0 Å². The quantitative estimate of drug-likeness (QED) is 0.860. The number of aliphatic hydroxyl groups excluding tert-OH is 2. The zero-order chi connectivity index (χ0) is 16.4. The molecule has 0 saturated heterocycles. The van der Waals surface area contributed by atoms with Gasteiger partial charge in [-0.15, -0.1) is 0 Å². The van der Waals surface area contributed by atoms with Crippen LogP contribution >= 0.6 is 0 Å². The number of rotatable bonds is 4. The zero-order valence-electron chi connectivity index (χ0n) is 12.4. The molecule has 0 spiro atoms. The van der Waals surface area contributed by atoms with Gasteiger partial charge in [-0.3, -0.25) is 4.98 Å². The summed E-state index contributed by atoms with van der Waals surface area (Å²) in [7, 11) is -3.76. The smallest absolute Gasteiger partial charge is 0.243 e. The molecule has 23 heavy (non-hydrogen) atoms. The van der Waals surface area contributed by atoms with Crippen LogP contribution in [0.25, 0.3) is 0 Å². The van der Waals surface area contributed by atoms with E-state index in [1.54, 1.807) is 36.5 Å². The predicted octanol–water partition coefficient (Wildman–Crippen LogP) is 0.723. The number of β-amino-alcohol motifs (C(OH)–C–C–N with tert-alkyl or cyclic N) is 1. The van der Waals surface area contributed by atoms with Crippen LogP contribution in [0.15, 0.2) is 53.6 Å². The molecular formula is C16H18N2O4S. The summed E-state index contributed by atoms with van der Waals surface area (Å²) < 4.78 is 26.8. The van der Waals surface area contributed by atoms with Crippen molar-refractivity contribution in [1.29, 1.82) is 0 Å². The zero-order valence-corrected chi connectivity index (χ0v) is 13.2. The van der Waals surface area contributed by atoms with Crippen molar-refractivity contribution in [1.82, 2.24) is 9.29 Å². The number of nitrogens with zero attached hydrogens (tertiary/aromatic N) is 2. The lowest BCUT2D eigenvalue weighted by Crippen LogP contribution is -2.50. The molecule has 2 heterocycles. The van der Waals surface area contributed by atoms with Gasteiger partial charge in [0.05, 0.1) is 23.6 Å². The first-order valence-electron chi connectivity index (χ1n) is 7.35. The predicted molar refractivity (Wildman–Crippen MR) is 84.1 cm³/mol. The van der Waals surface area contributed by atoms with Crippen LogP contribution in [0.3, 0.4) is 0 Å². The van der Waals surface area contributed by atoms with Crippen molar-refractivity contribution in [2.75, 3.05) is 13.2 Å². The Morgan fingerprint density at radius 1 is 1.13 bits per heavy atom. The summed E-state index contributed by atoms with van der Waals surface area (Å²) >= 11 is 0. The highest BCUT2D eigenvalue weighted by molar-refractivity contribution is 7.89. The Bertz CT molecular complexity index is 780. The fourth-order valence-electron chi connectivity index (χ4n) is 2.96. The van der Waals surface area contributed by atoms with Gasteiger partial charge >= 0.3 is 0 Å². The molecule has 122 valence electrons. The Hall–Kier alpha value is -1.80. The van der Waals surface area contributed by atoms with Crippen molar-refractivity contribution in [3.05, 3.63) is 59.9 Å². The van der Waals surface area contributed by atoms with Gasteiger partial charge < -0.3 is 10.2 Å². The minimum Gasteiger partial charge on any atom is -0.395 e. The maximum Gasteiger partial charge on any atom is 0.243 e. The van der Waals surface area contributed by atoms with Crippen molar-refractivity contribution in [2.45, 2.75) is 23.5 Å². The average Bonchev–Trinajstić information content (AvgIpc) is 2.57. The summed E-state index contributed by atoms with van der Waals surface area (Å²) in [6.45, 7) is -0.377. The van der Waals surface area contributed by atoms with E-state index in [2.05, 4.69) is 4.98 Å². The number of sulfonamides is 1. The lowest BCUT2D eigenvalue weighted by molar-refractivity contribution is 0.0720. The summed E-state index contributed by atoms with van der Waals surface area (Å²) in [6, 6.07) is 11.1. The molecule has 2 N–H and O–H groups in total. The first-order valence-corrected chi connectivity index (χ1v) is 8.79. The van der Waals surface area contributed by atoms with Crippen LogP contribution in [0.4, 0.5) is 0 Å². The molecule has 1 aliphatic rings. The third-order valence-corrected chi connectivity index (χ3v) is 6.02. The topological polar surface area (TPSA) is 90.7 Å². The molecule has 1 aromatic carbocycles. The highest BCUT2D eigenvalue weighted by atomic mass is 32.2. The second-order valence-corrected chi connectivity index (χ2v) is 7.27. The second-order valence-electron chi connectivity index (χ2n) is 5.41. The molecule has 0 aliphatic carbocycles. The van der Waals surface area contributed by atoms with Gasteiger partial charge in [-0.25, -0.2) is 8.42 Å². The monoisotopic (exact) mass is 334 g/mol. The fourth-order valence-corrected chi connectivity index (χ4v) is 4.82. The maximum atomic E-state index is 12.8. The van der Waals surface area contributed by atoms with Crippen molar-refractivity contribution in [2.24, 2.45) is 0 Å². The van der Waals surface area contributed by atoms with Crippen LogP contribution < -0.4 is 0 Å². The summed E-state index contributed by atoms with van der Waals surface area (Å²) in [5.41, 5.74) is 1.08. The van der Waals surface area contributed by atoms with E-state index in [1.807, 2.05) is 6.07 Å². The van der Waals surface area contributed by atoms with E-state index in [0.717, 1.165) is 0 Å². The van der Waals surface area contributed by atoms with E-state index < -0.39 is 22.2 Å². The molecule has 3 rings (SSSR count). The van der Waals surface area contributed by atoms with Crippen LogP contribution in [0.1, 0.15) is 17.4 Å². The molecular weight excluding hydrogens is 316 g/mol. The molecule has 0 bridgehead atoms. The second kappa shape index (κ2) is 6.37. The third-order valence-electron chi connectivity index (χ3n) is 4.02. The van der Waals surface area contributed by atoms with Crippen LogP contribution in [0.2, 0.25) is 0 Å². The van der Waals surface area contributed by atoms with Gasteiger partial charge in [-0.05, 0) is 18.2 Å². The van der Waals surface area contributed by atoms with Crippen LogP contribution in [0, 0.1) is 0 Å². The molecule has 2 aromatic rings. The number of hydrogen-bond donors (Lipinski definition) is 2. The molecule has 0 amide bonds. The number of aliphatic hydroxyl groups is 2. The summed E-state index contributed by atoms with van der Waals surface area (Å²) in [6.07, 6.45) is 0.933. The van der Waals surface area contributed by atoms with Gasteiger partial charge in [-0.1, -0.05) is 24.3 Å². The van der Waals surface area contributed by atoms with Crippen LogP contribution in [0.5, 0.6) is 0 Å². The lowest BCUT2D eigenvalue weighted by Gasteiger charge is -2.38. The molecule has 1 aliphatic heterocycles. The number of fused-ring (bicyclic) bond motifs is 1. The largest absolute Gasteiger partial charge is 0.395 e. The van der Waals surface area contributed by atoms with Crippen molar-refractivity contribution >= 4 is 10.0 Å². The van der Waals surface area contributed by atoms with E-state index in [9.17, 15) is 18.6 Å². The third kappa shape index (κ3) is 2.88. The Labute approximate surface area is 135 Å². The van der Waals surface area contributed by atoms with Crippen LogP contribution in [-0.2, 0) is 16.4 Å². The van der Waals surface area contributed by atoms with Gasteiger partial charge in [0.25, 0.3) is 0 Å².